The first kappa shape index (κ1) is 7.60. The average Bonchev–Trinajstić information content (AvgIpc) is 2.30. The topological polar surface area (TPSA) is 27.1 Å². The third-order valence-electron chi connectivity index (χ3n) is 1.20. The second-order valence-electron chi connectivity index (χ2n) is 1.84. The first-order chi connectivity index (χ1) is 4.77. The van der Waals surface area contributed by atoms with Gasteiger partial charge in [0, 0.05) is 12.7 Å². The predicted octanol–water partition coefficient (Wildman–Crippen LogP) is 1.67. The van der Waals surface area contributed by atoms with E-state index in [-0.39, 0.29) is 0 Å². The Morgan fingerprint density at radius 2 is 2.50 bits per heavy atom. The van der Waals surface area contributed by atoms with Crippen molar-refractivity contribution in [2.75, 3.05) is 7.11 Å². The van der Waals surface area contributed by atoms with E-state index in [4.69, 9.17) is 4.74 Å². The zero-order valence-electron chi connectivity index (χ0n) is 5.97. The minimum atomic E-state index is 0.641. The van der Waals surface area contributed by atoms with Gasteiger partial charge < -0.3 is 4.74 Å². The molecule has 0 saturated heterocycles. The van der Waals surface area contributed by atoms with Crippen LogP contribution in [0.25, 0.3) is 0 Å². The molecule has 3 nitrogen and oxygen atoms in total. The molecule has 0 saturated carbocycles. The third-order valence-corrected chi connectivity index (χ3v) is 1.75. The largest absolute Gasteiger partial charge is 0.479 e. The molecule has 0 aliphatic heterocycles. The van der Waals surface area contributed by atoms with Gasteiger partial charge in [0.1, 0.15) is 0 Å². The lowest BCUT2D eigenvalue weighted by atomic mass is 10.7. The summed E-state index contributed by atoms with van der Waals surface area (Å²) in [7, 11) is 1.60. The predicted molar refractivity (Wildman–Crippen MR) is 42.2 cm³/mol. The average molecular weight is 205 g/mol. The lowest BCUT2D eigenvalue weighted by Gasteiger charge is -1.91. The second-order valence-corrected chi connectivity index (χ2v) is 2.70. The molecular weight excluding hydrogens is 196 g/mol. The molecule has 0 atom stereocenters. The number of methoxy groups -OCH3 is 1. The van der Waals surface area contributed by atoms with Gasteiger partial charge in [-0.05, 0) is 22.9 Å². The van der Waals surface area contributed by atoms with Gasteiger partial charge in [-0.2, -0.15) is 0 Å². The van der Waals surface area contributed by atoms with E-state index < -0.39 is 0 Å². The molecule has 1 heterocycles. The maximum atomic E-state index is 4.95. The standard InChI is InChI=1S/C6H9BrN2O/c1-3-9-4-5(7)6(8-9)10-2/h4H,3H2,1-2H3. The Morgan fingerprint density at radius 3 is 2.80 bits per heavy atom. The summed E-state index contributed by atoms with van der Waals surface area (Å²) in [6.45, 7) is 2.89. The van der Waals surface area contributed by atoms with Gasteiger partial charge in [0.25, 0.3) is 0 Å². The van der Waals surface area contributed by atoms with Crippen LogP contribution in [0.15, 0.2) is 10.7 Å². The number of halogens is 1. The molecule has 0 N–H and O–H groups in total. The minimum Gasteiger partial charge on any atom is -0.479 e. The van der Waals surface area contributed by atoms with Crippen LogP contribution in [-0.2, 0) is 6.54 Å². The van der Waals surface area contributed by atoms with Crippen molar-refractivity contribution < 1.29 is 4.74 Å². The fraction of sp³-hybridized carbons (Fsp3) is 0.500. The van der Waals surface area contributed by atoms with Crippen LogP contribution in [-0.4, -0.2) is 16.9 Å². The number of aromatic nitrogens is 2. The van der Waals surface area contributed by atoms with Gasteiger partial charge in [-0.1, -0.05) is 0 Å². The fourth-order valence-electron chi connectivity index (χ4n) is 0.680. The Morgan fingerprint density at radius 1 is 1.80 bits per heavy atom. The summed E-state index contributed by atoms with van der Waals surface area (Å²) in [5, 5.41) is 4.09. The molecule has 10 heavy (non-hydrogen) atoms. The van der Waals surface area contributed by atoms with Crippen LogP contribution in [0.2, 0.25) is 0 Å². The van der Waals surface area contributed by atoms with Crippen molar-refractivity contribution in [1.29, 1.82) is 0 Å². The van der Waals surface area contributed by atoms with E-state index >= 15 is 0 Å². The molecule has 0 aliphatic rings. The van der Waals surface area contributed by atoms with E-state index in [2.05, 4.69) is 21.0 Å². The number of hydrogen-bond donors (Lipinski definition) is 0. The smallest absolute Gasteiger partial charge is 0.246 e. The first-order valence-corrected chi connectivity index (χ1v) is 3.84. The van der Waals surface area contributed by atoms with Gasteiger partial charge in [-0.15, -0.1) is 5.10 Å². The molecule has 0 amide bonds. The highest BCUT2D eigenvalue weighted by atomic mass is 79.9. The van der Waals surface area contributed by atoms with Crippen LogP contribution in [0.1, 0.15) is 6.92 Å². The van der Waals surface area contributed by atoms with Crippen LogP contribution in [0.3, 0.4) is 0 Å². The normalized spacial score (nSPS) is 9.90. The van der Waals surface area contributed by atoms with Crippen LogP contribution in [0.5, 0.6) is 5.88 Å². The molecule has 0 radical (unpaired) electrons. The highest BCUT2D eigenvalue weighted by Crippen LogP contribution is 2.21. The summed E-state index contributed by atoms with van der Waals surface area (Å²) in [5.74, 6) is 0.641. The maximum absolute atomic E-state index is 4.95. The quantitative estimate of drug-likeness (QED) is 0.734. The van der Waals surface area contributed by atoms with E-state index in [1.165, 1.54) is 0 Å². The monoisotopic (exact) mass is 204 g/mol. The van der Waals surface area contributed by atoms with Crippen LogP contribution < -0.4 is 4.74 Å². The molecule has 4 heteroatoms. The Labute approximate surface area is 68.1 Å². The van der Waals surface area contributed by atoms with Crippen LogP contribution in [0, 0.1) is 0 Å². The number of ether oxygens (including phenoxy) is 1. The lowest BCUT2D eigenvalue weighted by molar-refractivity contribution is 0.387. The summed E-state index contributed by atoms with van der Waals surface area (Å²) in [6, 6.07) is 0. The first-order valence-electron chi connectivity index (χ1n) is 3.05. The van der Waals surface area contributed by atoms with E-state index in [1.54, 1.807) is 7.11 Å². The van der Waals surface area contributed by atoms with Crippen molar-refractivity contribution in [2.24, 2.45) is 0 Å². The summed E-state index contributed by atoms with van der Waals surface area (Å²) in [4.78, 5) is 0. The van der Waals surface area contributed by atoms with Crippen molar-refractivity contribution in [2.45, 2.75) is 13.5 Å². The third kappa shape index (κ3) is 1.31. The van der Waals surface area contributed by atoms with Crippen molar-refractivity contribution >= 4 is 15.9 Å². The fourth-order valence-corrected chi connectivity index (χ4v) is 1.16. The number of nitrogens with zero attached hydrogens (tertiary/aromatic N) is 2. The van der Waals surface area contributed by atoms with Gasteiger partial charge in [0.2, 0.25) is 5.88 Å². The molecule has 0 aromatic carbocycles. The van der Waals surface area contributed by atoms with E-state index in [0.717, 1.165) is 11.0 Å². The summed E-state index contributed by atoms with van der Waals surface area (Å²) < 4.78 is 7.66. The van der Waals surface area contributed by atoms with Crippen molar-refractivity contribution in [1.82, 2.24) is 9.78 Å². The van der Waals surface area contributed by atoms with Gasteiger partial charge in [0.05, 0.1) is 11.6 Å². The Balaban J connectivity index is 2.92. The Bertz CT molecular complexity index is 222. The van der Waals surface area contributed by atoms with Gasteiger partial charge in [-0.3, -0.25) is 4.68 Å². The number of aryl methyl sites for hydroxylation is 1. The zero-order valence-corrected chi connectivity index (χ0v) is 7.55. The molecule has 1 aromatic rings. The molecule has 1 rings (SSSR count). The van der Waals surface area contributed by atoms with Gasteiger partial charge in [-0.25, -0.2) is 0 Å². The SMILES string of the molecule is CCn1cc(Br)c(OC)n1. The van der Waals surface area contributed by atoms with E-state index in [9.17, 15) is 0 Å². The van der Waals surface area contributed by atoms with Gasteiger partial charge in [0.15, 0.2) is 0 Å². The maximum Gasteiger partial charge on any atom is 0.246 e. The van der Waals surface area contributed by atoms with Gasteiger partial charge >= 0.3 is 0 Å². The van der Waals surface area contributed by atoms with Crippen molar-refractivity contribution in [3.63, 3.8) is 0 Å². The molecule has 1 aromatic heterocycles. The molecular formula is C6H9BrN2O. The second kappa shape index (κ2) is 3.05. The molecule has 0 spiro atoms. The number of rotatable bonds is 2. The van der Waals surface area contributed by atoms with Crippen LogP contribution >= 0.6 is 15.9 Å². The van der Waals surface area contributed by atoms with Crippen LogP contribution in [0.4, 0.5) is 0 Å². The highest BCUT2D eigenvalue weighted by Gasteiger charge is 2.03. The Kier molecular flexibility index (Phi) is 2.32. The summed E-state index contributed by atoms with van der Waals surface area (Å²) in [5.41, 5.74) is 0. The molecule has 0 bridgehead atoms. The van der Waals surface area contributed by atoms with Crippen molar-refractivity contribution in [3.05, 3.63) is 10.7 Å². The van der Waals surface area contributed by atoms with E-state index in [0.29, 0.717) is 5.88 Å². The Hall–Kier alpha value is -0.510. The lowest BCUT2D eigenvalue weighted by Crippen LogP contribution is -1.94. The molecule has 0 unspecified atom stereocenters. The molecule has 56 valence electrons. The molecule has 0 fully saturated rings. The number of hydrogen-bond acceptors (Lipinski definition) is 2. The molecule has 0 aliphatic carbocycles. The van der Waals surface area contributed by atoms with Crippen molar-refractivity contribution in [3.8, 4) is 5.88 Å². The van der Waals surface area contributed by atoms with E-state index in [1.807, 2.05) is 17.8 Å². The zero-order chi connectivity index (χ0) is 7.56. The summed E-state index contributed by atoms with van der Waals surface area (Å²) >= 11 is 3.31. The minimum absolute atomic E-state index is 0.641. The summed E-state index contributed by atoms with van der Waals surface area (Å²) in [6.07, 6.45) is 1.89. The highest BCUT2D eigenvalue weighted by molar-refractivity contribution is 9.10.